The van der Waals surface area contributed by atoms with E-state index in [0.29, 0.717) is 13.2 Å². The number of aliphatic hydroxyl groups excluding tert-OH is 1. The highest BCUT2D eigenvalue weighted by Gasteiger charge is 2.01. The van der Waals surface area contributed by atoms with Crippen molar-refractivity contribution in [3.8, 4) is 0 Å². The summed E-state index contributed by atoms with van der Waals surface area (Å²) in [5, 5.41) is 12.4. The highest BCUT2D eigenvalue weighted by molar-refractivity contribution is 4.55. The molecule has 1 atom stereocenters. The van der Waals surface area contributed by atoms with Crippen LogP contribution in [0.25, 0.3) is 0 Å². The molecule has 2 N–H and O–H groups in total. The monoisotopic (exact) mass is 273 g/mol. The van der Waals surface area contributed by atoms with Gasteiger partial charge >= 0.3 is 0 Å². The van der Waals surface area contributed by atoms with Crippen LogP contribution in [-0.2, 0) is 4.74 Å². The fourth-order valence-electron chi connectivity index (χ4n) is 2.21. The minimum absolute atomic E-state index is 0.367. The second-order valence-corrected chi connectivity index (χ2v) is 5.47. The summed E-state index contributed by atoms with van der Waals surface area (Å²) in [5.74, 6) is 0. The van der Waals surface area contributed by atoms with Crippen molar-refractivity contribution in [1.82, 2.24) is 5.32 Å². The average Bonchev–Trinajstić information content (AvgIpc) is 2.40. The van der Waals surface area contributed by atoms with E-state index in [0.717, 1.165) is 13.0 Å². The summed E-state index contributed by atoms with van der Waals surface area (Å²) in [6, 6.07) is 0. The molecule has 0 rings (SSSR count). The Balaban J connectivity index is 2.99. The first-order chi connectivity index (χ1) is 9.31. The first-order valence-corrected chi connectivity index (χ1v) is 8.21. The molecule has 0 aromatic rings. The third-order valence-corrected chi connectivity index (χ3v) is 3.39. The molecule has 0 radical (unpaired) electrons. The third-order valence-electron chi connectivity index (χ3n) is 3.39. The molecule has 0 saturated heterocycles. The number of likely N-dealkylation sites (N-methyl/N-ethyl adjacent to an activating group) is 1. The van der Waals surface area contributed by atoms with Crippen LogP contribution in [0.1, 0.15) is 71.1 Å². The van der Waals surface area contributed by atoms with Gasteiger partial charge in [-0.05, 0) is 13.5 Å². The van der Waals surface area contributed by atoms with E-state index in [1.165, 1.54) is 57.8 Å². The molecule has 0 spiro atoms. The smallest absolute Gasteiger partial charge is 0.0897 e. The number of nitrogens with one attached hydrogen (secondary N) is 1. The van der Waals surface area contributed by atoms with Crippen molar-refractivity contribution in [3.63, 3.8) is 0 Å². The van der Waals surface area contributed by atoms with E-state index < -0.39 is 0 Å². The van der Waals surface area contributed by atoms with Gasteiger partial charge in [-0.2, -0.15) is 0 Å². The summed E-state index contributed by atoms with van der Waals surface area (Å²) in [4.78, 5) is 0. The maximum atomic E-state index is 9.42. The molecule has 0 fully saturated rings. The normalized spacial score (nSPS) is 12.8. The van der Waals surface area contributed by atoms with Gasteiger partial charge in [0.25, 0.3) is 0 Å². The Labute approximate surface area is 120 Å². The predicted octanol–water partition coefficient (Wildman–Crippen LogP) is 3.50. The molecular weight excluding hydrogens is 238 g/mol. The van der Waals surface area contributed by atoms with Gasteiger partial charge in [0, 0.05) is 13.2 Å². The number of hydrogen-bond donors (Lipinski definition) is 2. The fraction of sp³-hybridized carbons (Fsp3) is 1.00. The first kappa shape index (κ1) is 18.9. The Hall–Kier alpha value is -0.120. The van der Waals surface area contributed by atoms with Crippen LogP contribution in [0.15, 0.2) is 0 Å². The van der Waals surface area contributed by atoms with E-state index in [-0.39, 0.29) is 6.10 Å². The molecule has 0 aromatic heterocycles. The van der Waals surface area contributed by atoms with Gasteiger partial charge in [0.1, 0.15) is 0 Å². The van der Waals surface area contributed by atoms with Crippen LogP contribution in [0.4, 0.5) is 0 Å². The van der Waals surface area contributed by atoms with Crippen molar-refractivity contribution in [2.45, 2.75) is 77.2 Å². The largest absolute Gasteiger partial charge is 0.389 e. The molecule has 0 bridgehead atoms. The molecule has 0 heterocycles. The molecular formula is C16H35NO2. The Morgan fingerprint density at radius 1 is 0.895 bits per heavy atom. The summed E-state index contributed by atoms with van der Waals surface area (Å²) in [6.07, 6.45) is 13.1. The molecule has 0 amide bonds. The van der Waals surface area contributed by atoms with Gasteiger partial charge < -0.3 is 15.2 Å². The number of aliphatic hydroxyl groups is 1. The fourth-order valence-corrected chi connectivity index (χ4v) is 2.21. The molecule has 3 nitrogen and oxygen atoms in total. The summed E-state index contributed by atoms with van der Waals surface area (Å²) in [5.41, 5.74) is 0. The molecule has 0 saturated carbocycles. The lowest BCUT2D eigenvalue weighted by molar-refractivity contribution is 0.0363. The van der Waals surface area contributed by atoms with Gasteiger partial charge in [0.2, 0.25) is 0 Å². The number of ether oxygens (including phenoxy) is 1. The van der Waals surface area contributed by atoms with Gasteiger partial charge in [0.15, 0.2) is 0 Å². The van der Waals surface area contributed by atoms with Gasteiger partial charge in [0.05, 0.1) is 12.7 Å². The minimum atomic E-state index is -0.367. The number of unbranched alkanes of at least 4 members (excludes halogenated alkanes) is 9. The van der Waals surface area contributed by atoms with Crippen molar-refractivity contribution in [2.75, 3.05) is 26.8 Å². The molecule has 3 heteroatoms. The van der Waals surface area contributed by atoms with Crippen LogP contribution in [0.2, 0.25) is 0 Å². The Bertz CT molecular complexity index is 165. The van der Waals surface area contributed by atoms with Crippen molar-refractivity contribution in [3.05, 3.63) is 0 Å². The molecule has 19 heavy (non-hydrogen) atoms. The van der Waals surface area contributed by atoms with E-state index in [2.05, 4.69) is 12.2 Å². The maximum absolute atomic E-state index is 9.42. The Kier molecular flexibility index (Phi) is 15.8. The van der Waals surface area contributed by atoms with Crippen LogP contribution in [-0.4, -0.2) is 38.0 Å². The summed E-state index contributed by atoms with van der Waals surface area (Å²) >= 11 is 0. The van der Waals surface area contributed by atoms with Gasteiger partial charge in [-0.1, -0.05) is 64.7 Å². The second-order valence-electron chi connectivity index (χ2n) is 5.47. The predicted molar refractivity (Wildman–Crippen MR) is 82.6 cm³/mol. The minimum Gasteiger partial charge on any atom is -0.389 e. The second kappa shape index (κ2) is 15.9. The average molecular weight is 273 g/mol. The van der Waals surface area contributed by atoms with E-state index in [1.807, 2.05) is 7.05 Å². The number of rotatable bonds is 15. The van der Waals surface area contributed by atoms with Crippen LogP contribution in [0.3, 0.4) is 0 Å². The number of hydrogen-bond acceptors (Lipinski definition) is 3. The lowest BCUT2D eigenvalue weighted by Crippen LogP contribution is -2.28. The van der Waals surface area contributed by atoms with Crippen LogP contribution in [0.5, 0.6) is 0 Å². The SMILES string of the molecule is CCCCCCCCCCCCOCC(O)CNC. The van der Waals surface area contributed by atoms with E-state index in [9.17, 15) is 5.11 Å². The summed E-state index contributed by atoms with van der Waals surface area (Å²) < 4.78 is 5.43. The standard InChI is InChI=1S/C16H35NO2/c1-3-4-5-6-7-8-9-10-11-12-13-19-15-16(18)14-17-2/h16-18H,3-15H2,1-2H3. The highest BCUT2D eigenvalue weighted by atomic mass is 16.5. The van der Waals surface area contributed by atoms with E-state index >= 15 is 0 Å². The van der Waals surface area contributed by atoms with Crippen LogP contribution in [0, 0.1) is 0 Å². The zero-order valence-electron chi connectivity index (χ0n) is 13.1. The molecule has 0 aliphatic heterocycles. The molecule has 0 aliphatic rings. The van der Waals surface area contributed by atoms with Crippen LogP contribution >= 0.6 is 0 Å². The van der Waals surface area contributed by atoms with E-state index in [1.54, 1.807) is 0 Å². The molecule has 0 aromatic carbocycles. The molecule has 116 valence electrons. The van der Waals surface area contributed by atoms with Gasteiger partial charge in [-0.3, -0.25) is 0 Å². The Morgan fingerprint density at radius 3 is 1.95 bits per heavy atom. The van der Waals surface area contributed by atoms with Gasteiger partial charge in [-0.25, -0.2) is 0 Å². The topological polar surface area (TPSA) is 41.5 Å². The van der Waals surface area contributed by atoms with Crippen molar-refractivity contribution < 1.29 is 9.84 Å². The molecule has 0 aliphatic carbocycles. The third kappa shape index (κ3) is 15.8. The summed E-state index contributed by atoms with van der Waals surface area (Å²) in [7, 11) is 1.84. The van der Waals surface area contributed by atoms with E-state index in [4.69, 9.17) is 4.74 Å². The van der Waals surface area contributed by atoms with Crippen molar-refractivity contribution in [1.29, 1.82) is 0 Å². The zero-order valence-corrected chi connectivity index (χ0v) is 13.1. The Morgan fingerprint density at radius 2 is 1.42 bits per heavy atom. The van der Waals surface area contributed by atoms with Crippen molar-refractivity contribution in [2.24, 2.45) is 0 Å². The first-order valence-electron chi connectivity index (χ1n) is 8.21. The van der Waals surface area contributed by atoms with Gasteiger partial charge in [-0.15, -0.1) is 0 Å². The lowest BCUT2D eigenvalue weighted by atomic mass is 10.1. The summed E-state index contributed by atoms with van der Waals surface area (Å²) in [6.45, 7) is 4.12. The maximum Gasteiger partial charge on any atom is 0.0897 e. The highest BCUT2D eigenvalue weighted by Crippen LogP contribution is 2.10. The van der Waals surface area contributed by atoms with Crippen molar-refractivity contribution >= 4 is 0 Å². The molecule has 1 unspecified atom stereocenters. The quantitative estimate of drug-likeness (QED) is 0.449. The lowest BCUT2D eigenvalue weighted by Gasteiger charge is -2.10. The van der Waals surface area contributed by atoms with Crippen LogP contribution < -0.4 is 5.32 Å². The zero-order chi connectivity index (χ0) is 14.2.